The number of amides is 3. The summed E-state index contributed by atoms with van der Waals surface area (Å²) in [6.45, 7) is -1.32. The Hall–Kier alpha value is -5.63. The highest BCUT2D eigenvalue weighted by Crippen LogP contribution is 2.36. The van der Waals surface area contributed by atoms with Crippen molar-refractivity contribution >= 4 is 66.2 Å². The molecule has 2 aliphatic rings. The number of pyridine rings is 1. The van der Waals surface area contributed by atoms with Crippen molar-refractivity contribution in [3.63, 3.8) is 0 Å². The average Bonchev–Trinajstić information content (AvgIpc) is 3.48. The second-order valence-electron chi connectivity index (χ2n) is 11.3. The maximum absolute atomic E-state index is 13.4. The SMILES string of the molecule is Nc1nc(C(=NOC2(C(=O)O)CCC2)C(=O)N[C@@H]2C(=O)N(S(=O)(=O)O)[C@@H]2CNC(=O)c2cccc(S(=O)(=O)NCc3cc(=O)c(O)cn3O)c2)cs1. The summed E-state index contributed by atoms with van der Waals surface area (Å²) >= 11 is 0.894. The first-order valence-electron chi connectivity index (χ1n) is 14.7. The molecule has 2 atom stereocenters. The van der Waals surface area contributed by atoms with Gasteiger partial charge in [-0.3, -0.25) is 23.7 Å². The van der Waals surface area contributed by atoms with Crippen molar-refractivity contribution in [3.8, 4) is 5.75 Å². The van der Waals surface area contributed by atoms with Gasteiger partial charge in [0.15, 0.2) is 16.6 Å². The fourth-order valence-electron chi connectivity index (χ4n) is 4.99. The van der Waals surface area contributed by atoms with E-state index in [0.29, 0.717) is 17.3 Å². The number of carboxylic acid groups (broad SMARTS) is 1. The fraction of sp³-hybridized carbons (Fsp3) is 0.296. The second-order valence-corrected chi connectivity index (χ2v) is 15.3. The van der Waals surface area contributed by atoms with Crippen LogP contribution in [0.1, 0.15) is 41.0 Å². The van der Waals surface area contributed by atoms with Crippen molar-refractivity contribution in [2.24, 2.45) is 5.16 Å². The Morgan fingerprint density at radius 3 is 2.46 bits per heavy atom. The summed E-state index contributed by atoms with van der Waals surface area (Å²) in [4.78, 5) is 71.4. The fourth-order valence-corrected chi connectivity index (χ4v) is 7.46. The van der Waals surface area contributed by atoms with Crippen LogP contribution in [0.15, 0.2) is 56.8 Å². The molecule has 0 unspecified atom stereocenters. The van der Waals surface area contributed by atoms with Crippen LogP contribution in [-0.4, -0.2) is 104 Å². The lowest BCUT2D eigenvalue weighted by atomic mass is 9.80. The number of nitrogens with zero attached hydrogens (tertiary/aromatic N) is 4. The molecule has 0 bridgehead atoms. The van der Waals surface area contributed by atoms with Gasteiger partial charge in [0.05, 0.1) is 29.4 Å². The number of rotatable bonds is 14. The van der Waals surface area contributed by atoms with Gasteiger partial charge in [-0.2, -0.15) is 13.1 Å². The number of β-lactam (4-membered cyclic amide) rings is 1. The van der Waals surface area contributed by atoms with Gasteiger partial charge < -0.3 is 36.6 Å². The van der Waals surface area contributed by atoms with Crippen LogP contribution in [0.5, 0.6) is 5.75 Å². The molecule has 3 aromatic rings. The van der Waals surface area contributed by atoms with Crippen LogP contribution in [0.4, 0.5) is 5.13 Å². The third-order valence-corrected chi connectivity index (χ3v) is 11.0. The zero-order valence-electron chi connectivity index (χ0n) is 26.2. The van der Waals surface area contributed by atoms with Gasteiger partial charge in [0.2, 0.25) is 21.1 Å². The average molecular weight is 785 g/mol. The number of benzene rings is 1. The van der Waals surface area contributed by atoms with Crippen molar-refractivity contribution in [1.29, 1.82) is 0 Å². The van der Waals surface area contributed by atoms with E-state index in [1.54, 1.807) is 0 Å². The second kappa shape index (κ2) is 14.2. The van der Waals surface area contributed by atoms with Gasteiger partial charge in [-0.1, -0.05) is 11.2 Å². The molecule has 2 fully saturated rings. The molecule has 1 aliphatic carbocycles. The number of aromatic nitrogens is 2. The molecule has 5 rings (SSSR count). The standard InChI is InChI=1S/C27H28N8O14S3/c28-26-31-16(12-50-26)20(33-49-27(25(41)42)5-2-6-27)23(39)32-21-17(35(24(21)40)52(46,47)48)10-29-22(38)13-3-1-4-15(7-13)51(44,45)30-9-14-8-18(36)19(37)11-34(14)43/h1,3-4,7-8,11-12,17,21,30,37,43H,2,5-6,9-10H2,(H2,28,31)(H,29,38)(H,32,39)(H,41,42)(H,46,47,48)/t17-,21+/m1/s1. The smallest absolute Gasteiger partial charge is 0.362 e. The largest absolute Gasteiger partial charge is 0.503 e. The predicted molar refractivity (Wildman–Crippen MR) is 175 cm³/mol. The van der Waals surface area contributed by atoms with Gasteiger partial charge in [-0.05, 0) is 24.6 Å². The van der Waals surface area contributed by atoms with E-state index < -0.39 is 96.6 Å². The first-order chi connectivity index (χ1) is 24.3. The Bertz CT molecular complexity index is 2270. The van der Waals surface area contributed by atoms with Gasteiger partial charge >= 0.3 is 16.3 Å². The number of oxime groups is 1. The molecule has 1 aromatic carbocycles. The van der Waals surface area contributed by atoms with E-state index in [2.05, 4.69) is 25.5 Å². The van der Waals surface area contributed by atoms with Gasteiger partial charge in [-0.15, -0.1) is 11.3 Å². The third kappa shape index (κ3) is 7.66. The van der Waals surface area contributed by atoms with E-state index in [0.717, 1.165) is 29.5 Å². The molecule has 52 heavy (non-hydrogen) atoms. The van der Waals surface area contributed by atoms with E-state index in [1.165, 1.54) is 17.5 Å². The van der Waals surface area contributed by atoms with Gasteiger partial charge in [0.1, 0.15) is 11.7 Å². The molecule has 1 aliphatic heterocycles. The van der Waals surface area contributed by atoms with Crippen molar-refractivity contribution < 1.29 is 60.8 Å². The van der Waals surface area contributed by atoms with Crippen LogP contribution in [0.2, 0.25) is 0 Å². The number of carbonyl (C=O) groups is 4. The maximum atomic E-state index is 13.4. The summed E-state index contributed by atoms with van der Waals surface area (Å²) < 4.78 is 62.0. The van der Waals surface area contributed by atoms with Crippen LogP contribution < -0.4 is 26.5 Å². The first-order valence-corrected chi connectivity index (χ1v) is 18.4. The van der Waals surface area contributed by atoms with Crippen molar-refractivity contribution in [2.45, 2.75) is 48.4 Å². The number of anilines is 1. The zero-order valence-corrected chi connectivity index (χ0v) is 28.6. The number of carbonyl (C=O) groups excluding carboxylic acids is 3. The molecule has 22 nitrogen and oxygen atoms in total. The number of thiazole rings is 1. The molecule has 3 amide bonds. The van der Waals surface area contributed by atoms with Crippen molar-refractivity contribution in [1.82, 2.24) is 29.4 Å². The number of nitrogens with two attached hydrogens (primary N) is 1. The number of aliphatic carboxylic acids is 1. The number of nitrogen functional groups attached to an aromatic ring is 1. The molecule has 1 saturated heterocycles. The Balaban J connectivity index is 1.31. The minimum Gasteiger partial charge on any atom is -0.503 e. The van der Waals surface area contributed by atoms with Crippen molar-refractivity contribution in [2.75, 3.05) is 12.3 Å². The highest BCUT2D eigenvalue weighted by Gasteiger charge is 2.54. The Labute approximate surface area is 296 Å². The van der Waals surface area contributed by atoms with Crippen LogP contribution in [-0.2, 0) is 46.1 Å². The van der Waals surface area contributed by atoms with Gasteiger partial charge in [0.25, 0.3) is 17.7 Å². The summed E-state index contributed by atoms with van der Waals surface area (Å²) in [6, 6.07) is 1.90. The maximum Gasteiger partial charge on any atom is 0.362 e. The molecule has 1 saturated carbocycles. The number of hydrogen-bond donors (Lipinski definition) is 8. The van der Waals surface area contributed by atoms with E-state index in [9.17, 15) is 60.8 Å². The molecule has 0 spiro atoms. The summed E-state index contributed by atoms with van der Waals surface area (Å²) in [5.41, 5.74) is 1.79. The lowest BCUT2D eigenvalue weighted by Gasteiger charge is -2.44. The Morgan fingerprint density at radius 2 is 1.87 bits per heavy atom. The van der Waals surface area contributed by atoms with E-state index in [1.807, 2.05) is 0 Å². The summed E-state index contributed by atoms with van der Waals surface area (Å²) in [5.74, 6) is -5.58. The van der Waals surface area contributed by atoms with E-state index in [-0.39, 0.29) is 39.2 Å². The summed E-state index contributed by atoms with van der Waals surface area (Å²) in [5, 5.41) is 38.3. The topological polar surface area (TPSA) is 339 Å². The lowest BCUT2D eigenvalue weighted by Crippen LogP contribution is -2.74. The number of sulfonamides is 1. The quantitative estimate of drug-likeness (QED) is 0.0287. The summed E-state index contributed by atoms with van der Waals surface area (Å²) in [7, 11) is -9.60. The molecule has 25 heteroatoms. The monoisotopic (exact) mass is 784 g/mol. The highest BCUT2D eigenvalue weighted by molar-refractivity contribution is 7.89. The van der Waals surface area contributed by atoms with Gasteiger partial charge in [-0.25, -0.2) is 27.2 Å². The minimum atomic E-state index is -5.22. The molecular weight excluding hydrogens is 757 g/mol. The molecule has 0 radical (unpaired) electrons. The number of hydrogen-bond acceptors (Lipinski definition) is 16. The first kappa shape index (κ1) is 37.6. The predicted octanol–water partition coefficient (Wildman–Crippen LogP) is -2.04. The third-order valence-electron chi connectivity index (χ3n) is 7.96. The van der Waals surface area contributed by atoms with Crippen LogP contribution in [0, 0.1) is 0 Å². The van der Waals surface area contributed by atoms with Crippen molar-refractivity contribution in [3.05, 3.63) is 69.1 Å². The Morgan fingerprint density at radius 1 is 1.15 bits per heavy atom. The summed E-state index contributed by atoms with van der Waals surface area (Å²) in [6.07, 6.45) is 1.35. The van der Waals surface area contributed by atoms with E-state index in [4.69, 9.17) is 10.6 Å². The molecular formula is C27H28N8O14S3. The van der Waals surface area contributed by atoms with Crippen LogP contribution in [0.25, 0.3) is 0 Å². The molecule has 278 valence electrons. The van der Waals surface area contributed by atoms with Crippen LogP contribution >= 0.6 is 11.3 Å². The molecule has 9 N–H and O–H groups in total. The highest BCUT2D eigenvalue weighted by atomic mass is 32.2. The van der Waals surface area contributed by atoms with E-state index >= 15 is 0 Å². The number of aromatic hydroxyl groups is 1. The van der Waals surface area contributed by atoms with Crippen LogP contribution in [0.3, 0.4) is 0 Å². The normalized spacial score (nSPS) is 18.5. The Kier molecular flexibility index (Phi) is 10.3. The zero-order chi connectivity index (χ0) is 38.2. The molecule has 2 aromatic heterocycles. The molecule has 3 heterocycles. The number of nitrogens with one attached hydrogen (secondary N) is 3. The lowest BCUT2D eigenvalue weighted by molar-refractivity contribution is -0.178. The number of carboxylic acids is 1. The minimum absolute atomic E-state index is 0.00493. The van der Waals surface area contributed by atoms with Gasteiger partial charge in [0, 0.05) is 36.4 Å².